The highest BCUT2D eigenvalue weighted by atomic mass is 19.1. The van der Waals surface area contributed by atoms with Gasteiger partial charge in [0.2, 0.25) is 0 Å². The van der Waals surface area contributed by atoms with E-state index < -0.39 is 23.0 Å². The fraction of sp³-hybridized carbons (Fsp3) is 0.500. The molecule has 1 aromatic rings. The summed E-state index contributed by atoms with van der Waals surface area (Å²) in [7, 11) is 1.77. The molecule has 0 fully saturated rings. The molecule has 18 heavy (non-hydrogen) atoms. The Balaban J connectivity index is 2.77. The number of likely N-dealkylation sites (N-methyl/N-ethyl adjacent to an activating group) is 1. The van der Waals surface area contributed by atoms with E-state index in [0.29, 0.717) is 6.54 Å². The number of carbonyl (C=O) groups is 1. The first kappa shape index (κ1) is 14.8. The third kappa shape index (κ3) is 4.18. The molecule has 2 nitrogen and oxygen atoms in total. The predicted octanol–water partition coefficient (Wildman–Crippen LogP) is 3.13. The molecule has 0 atom stereocenters. The Bertz CT molecular complexity index is 418. The van der Waals surface area contributed by atoms with Gasteiger partial charge in [-0.25, -0.2) is 8.78 Å². The first-order valence-electron chi connectivity index (χ1n) is 5.86. The van der Waals surface area contributed by atoms with E-state index in [9.17, 15) is 13.6 Å². The van der Waals surface area contributed by atoms with Gasteiger partial charge in [0, 0.05) is 6.54 Å². The van der Waals surface area contributed by atoms with Crippen molar-refractivity contribution in [3.63, 3.8) is 0 Å². The van der Waals surface area contributed by atoms with Gasteiger partial charge in [-0.2, -0.15) is 0 Å². The van der Waals surface area contributed by atoms with Crippen molar-refractivity contribution in [3.8, 4) is 0 Å². The van der Waals surface area contributed by atoms with Crippen molar-refractivity contribution in [3.05, 3.63) is 35.4 Å². The number of hydrogen-bond acceptors (Lipinski definition) is 2. The molecule has 1 aromatic carbocycles. The molecule has 0 unspecified atom stereocenters. The Hall–Kier alpha value is -1.29. The normalized spacial score (nSPS) is 11.9. The smallest absolute Gasteiger partial charge is 0.182 e. The summed E-state index contributed by atoms with van der Waals surface area (Å²) in [4.78, 5) is 13.6. The zero-order valence-corrected chi connectivity index (χ0v) is 11.3. The van der Waals surface area contributed by atoms with Crippen LogP contribution in [0.1, 0.15) is 31.1 Å². The third-order valence-corrected chi connectivity index (χ3v) is 2.40. The van der Waals surface area contributed by atoms with Gasteiger partial charge < -0.3 is 0 Å². The summed E-state index contributed by atoms with van der Waals surface area (Å²) in [6, 6.07) is 3.44. The van der Waals surface area contributed by atoms with Crippen LogP contribution < -0.4 is 0 Å². The van der Waals surface area contributed by atoms with Crippen molar-refractivity contribution in [1.29, 1.82) is 0 Å². The topological polar surface area (TPSA) is 20.3 Å². The van der Waals surface area contributed by atoms with E-state index in [1.54, 1.807) is 11.9 Å². The monoisotopic (exact) mass is 255 g/mol. The van der Waals surface area contributed by atoms with Crippen LogP contribution in [0.4, 0.5) is 8.78 Å². The number of nitrogens with zero attached hydrogens (tertiary/aromatic N) is 1. The van der Waals surface area contributed by atoms with Crippen molar-refractivity contribution >= 4 is 5.78 Å². The van der Waals surface area contributed by atoms with Gasteiger partial charge in [-0.3, -0.25) is 9.69 Å². The van der Waals surface area contributed by atoms with E-state index in [1.165, 1.54) is 6.07 Å². The van der Waals surface area contributed by atoms with Crippen LogP contribution in [-0.2, 0) is 0 Å². The Kier molecular flexibility index (Phi) is 4.57. The molecular formula is C14H19F2NO. The Morgan fingerprint density at radius 3 is 2.17 bits per heavy atom. The van der Waals surface area contributed by atoms with Crippen LogP contribution in [0.15, 0.2) is 18.2 Å². The van der Waals surface area contributed by atoms with Gasteiger partial charge >= 0.3 is 0 Å². The number of carbonyl (C=O) groups excluding carboxylic acids is 1. The van der Waals surface area contributed by atoms with Crippen molar-refractivity contribution < 1.29 is 13.6 Å². The van der Waals surface area contributed by atoms with Crippen LogP contribution in [-0.4, -0.2) is 30.8 Å². The van der Waals surface area contributed by atoms with Crippen LogP contribution in [0.25, 0.3) is 0 Å². The first-order chi connectivity index (χ1) is 8.20. The molecule has 1 rings (SSSR count). The van der Waals surface area contributed by atoms with Crippen molar-refractivity contribution in [2.24, 2.45) is 5.41 Å². The van der Waals surface area contributed by atoms with Gasteiger partial charge in [0.25, 0.3) is 0 Å². The predicted molar refractivity (Wildman–Crippen MR) is 67.6 cm³/mol. The van der Waals surface area contributed by atoms with Gasteiger partial charge in [-0.05, 0) is 24.6 Å². The molecule has 0 radical (unpaired) electrons. The fourth-order valence-corrected chi connectivity index (χ4v) is 1.95. The summed E-state index contributed by atoms with van der Waals surface area (Å²) >= 11 is 0. The van der Waals surface area contributed by atoms with Gasteiger partial charge in [0.05, 0.1) is 12.1 Å². The molecule has 0 saturated heterocycles. The standard InChI is InChI=1S/C14H19F2NO/c1-14(2,3)9-17(4)8-12(18)13-10(15)6-5-7-11(13)16/h5-7H,8-9H2,1-4H3. The molecular weight excluding hydrogens is 236 g/mol. The number of rotatable bonds is 4. The average Bonchev–Trinajstić information content (AvgIpc) is 2.13. The summed E-state index contributed by atoms with van der Waals surface area (Å²) in [5.74, 6) is -2.13. The van der Waals surface area contributed by atoms with Crippen LogP contribution >= 0.6 is 0 Å². The fourth-order valence-electron chi connectivity index (χ4n) is 1.95. The summed E-state index contributed by atoms with van der Waals surface area (Å²) in [5.41, 5.74) is -0.415. The van der Waals surface area contributed by atoms with Crippen LogP contribution in [0, 0.1) is 17.0 Å². The molecule has 0 spiro atoms. The van der Waals surface area contributed by atoms with Crippen LogP contribution in [0.2, 0.25) is 0 Å². The highest BCUT2D eigenvalue weighted by molar-refractivity contribution is 5.98. The second-order valence-corrected chi connectivity index (χ2v) is 5.75. The minimum absolute atomic E-state index is 0.00905. The number of benzene rings is 1. The maximum absolute atomic E-state index is 13.4. The van der Waals surface area contributed by atoms with E-state index in [4.69, 9.17) is 0 Å². The Morgan fingerprint density at radius 2 is 1.72 bits per heavy atom. The summed E-state index contributed by atoms with van der Waals surface area (Å²) in [6.45, 7) is 6.80. The first-order valence-corrected chi connectivity index (χ1v) is 5.86. The van der Waals surface area contributed by atoms with Gasteiger partial charge in [-0.15, -0.1) is 0 Å². The highest BCUT2D eigenvalue weighted by Gasteiger charge is 2.20. The quantitative estimate of drug-likeness (QED) is 0.770. The molecule has 0 N–H and O–H groups in total. The van der Waals surface area contributed by atoms with Gasteiger partial charge in [0.15, 0.2) is 5.78 Å². The van der Waals surface area contributed by atoms with E-state index in [2.05, 4.69) is 0 Å². The number of hydrogen-bond donors (Lipinski definition) is 0. The van der Waals surface area contributed by atoms with Gasteiger partial charge in [-0.1, -0.05) is 26.8 Å². The minimum Gasteiger partial charge on any atom is -0.298 e. The lowest BCUT2D eigenvalue weighted by Crippen LogP contribution is -2.34. The SMILES string of the molecule is CN(CC(=O)c1c(F)cccc1F)CC(C)(C)C. The number of halogens is 2. The molecule has 0 heterocycles. The van der Waals surface area contributed by atoms with Crippen LogP contribution in [0.3, 0.4) is 0 Å². The molecule has 4 heteroatoms. The zero-order valence-electron chi connectivity index (χ0n) is 11.3. The van der Waals surface area contributed by atoms with Gasteiger partial charge in [0.1, 0.15) is 11.6 Å². The molecule has 0 saturated carbocycles. The lowest BCUT2D eigenvalue weighted by atomic mass is 9.96. The van der Waals surface area contributed by atoms with E-state index in [0.717, 1.165) is 12.1 Å². The summed E-state index contributed by atoms with van der Waals surface area (Å²) < 4.78 is 26.8. The van der Waals surface area contributed by atoms with Crippen molar-refractivity contribution in [2.75, 3.05) is 20.1 Å². The molecule has 0 bridgehead atoms. The van der Waals surface area contributed by atoms with Crippen molar-refractivity contribution in [1.82, 2.24) is 4.90 Å². The minimum atomic E-state index is -0.802. The van der Waals surface area contributed by atoms with E-state index >= 15 is 0 Å². The molecule has 0 aromatic heterocycles. The maximum atomic E-state index is 13.4. The molecule has 0 amide bonds. The largest absolute Gasteiger partial charge is 0.298 e. The lowest BCUT2D eigenvalue weighted by molar-refractivity contribution is 0.0918. The van der Waals surface area contributed by atoms with E-state index in [1.807, 2.05) is 20.8 Å². The highest BCUT2D eigenvalue weighted by Crippen LogP contribution is 2.16. The molecule has 100 valence electrons. The number of ketones is 1. The average molecular weight is 255 g/mol. The molecule has 0 aliphatic rings. The zero-order chi connectivity index (χ0) is 13.9. The second kappa shape index (κ2) is 5.57. The second-order valence-electron chi connectivity index (χ2n) is 5.75. The summed E-state index contributed by atoms with van der Waals surface area (Å²) in [5, 5.41) is 0. The summed E-state index contributed by atoms with van der Waals surface area (Å²) in [6.07, 6.45) is 0. The molecule has 0 aliphatic carbocycles. The molecule has 0 aliphatic heterocycles. The van der Waals surface area contributed by atoms with Crippen molar-refractivity contribution in [2.45, 2.75) is 20.8 Å². The maximum Gasteiger partial charge on any atom is 0.182 e. The Morgan fingerprint density at radius 1 is 1.22 bits per heavy atom. The van der Waals surface area contributed by atoms with Crippen LogP contribution in [0.5, 0.6) is 0 Å². The Labute approximate surface area is 107 Å². The number of Topliss-reactive ketones (excluding diaryl/α,β-unsaturated/α-hetero) is 1. The van der Waals surface area contributed by atoms with E-state index in [-0.39, 0.29) is 12.0 Å². The lowest BCUT2D eigenvalue weighted by Gasteiger charge is -2.25. The third-order valence-electron chi connectivity index (χ3n) is 2.40.